The fourth-order valence-electron chi connectivity index (χ4n) is 2.02. The predicted molar refractivity (Wildman–Crippen MR) is 97.9 cm³/mol. The van der Waals surface area contributed by atoms with E-state index in [0.717, 1.165) is 12.3 Å². The number of hydrogen-bond acceptors (Lipinski definition) is 4. The number of carbonyl (C=O) groups is 2. The van der Waals surface area contributed by atoms with Gasteiger partial charge in [0.2, 0.25) is 5.88 Å². The minimum absolute atomic E-state index is 0.0199. The van der Waals surface area contributed by atoms with E-state index in [1.807, 2.05) is 0 Å². The number of benzene rings is 1. The molecule has 7 nitrogen and oxygen atoms in total. The smallest absolute Gasteiger partial charge is 0.422 e. The summed E-state index contributed by atoms with van der Waals surface area (Å²) in [6, 6.07) is 7.13. The van der Waals surface area contributed by atoms with Gasteiger partial charge in [0.25, 0.3) is 5.91 Å². The number of anilines is 2. The highest BCUT2D eigenvalue weighted by Crippen LogP contribution is 2.25. The molecule has 150 valence electrons. The average molecular weight is 417 g/mol. The molecule has 3 N–H and O–H groups in total. The minimum Gasteiger partial charge on any atom is -0.467 e. The Hall–Kier alpha value is -3.01. The van der Waals surface area contributed by atoms with Crippen molar-refractivity contribution in [3.05, 3.63) is 47.1 Å². The molecule has 11 heteroatoms. The average Bonchev–Trinajstić information content (AvgIpc) is 2.60. The Kier molecular flexibility index (Phi) is 7.05. The van der Waals surface area contributed by atoms with Crippen molar-refractivity contribution in [2.75, 3.05) is 23.8 Å². The summed E-state index contributed by atoms with van der Waals surface area (Å²) in [5, 5.41) is 7.51. The summed E-state index contributed by atoms with van der Waals surface area (Å²) in [6.07, 6.45) is -3.49. The molecule has 0 radical (unpaired) electrons. The summed E-state index contributed by atoms with van der Waals surface area (Å²) >= 11 is 5.83. The van der Waals surface area contributed by atoms with Gasteiger partial charge in [-0.1, -0.05) is 17.7 Å². The Morgan fingerprint density at radius 2 is 1.86 bits per heavy atom. The number of halogens is 4. The van der Waals surface area contributed by atoms with Crippen molar-refractivity contribution in [3.8, 4) is 5.88 Å². The van der Waals surface area contributed by atoms with Crippen molar-refractivity contribution < 1.29 is 27.5 Å². The van der Waals surface area contributed by atoms with Gasteiger partial charge in [-0.25, -0.2) is 9.78 Å². The number of amides is 3. The quantitative estimate of drug-likeness (QED) is 0.662. The summed E-state index contributed by atoms with van der Waals surface area (Å²) < 4.78 is 41.0. The third kappa shape index (κ3) is 6.62. The minimum atomic E-state index is -4.53. The van der Waals surface area contributed by atoms with E-state index in [4.69, 9.17) is 11.6 Å². The molecule has 3 amide bonds. The maximum atomic E-state index is 12.3. The highest BCUT2D eigenvalue weighted by Gasteiger charge is 2.29. The van der Waals surface area contributed by atoms with Crippen LogP contribution >= 0.6 is 11.6 Å². The van der Waals surface area contributed by atoms with Gasteiger partial charge in [0, 0.05) is 24.1 Å². The zero-order valence-electron chi connectivity index (χ0n) is 14.6. The lowest BCUT2D eigenvalue weighted by Crippen LogP contribution is -2.28. The zero-order valence-corrected chi connectivity index (χ0v) is 15.3. The van der Waals surface area contributed by atoms with Crippen LogP contribution in [0.15, 0.2) is 36.5 Å². The second kappa shape index (κ2) is 9.27. The molecule has 0 saturated heterocycles. The van der Waals surface area contributed by atoms with E-state index in [2.05, 4.69) is 25.7 Å². The molecule has 0 aliphatic carbocycles. The molecule has 0 unspecified atom stereocenters. The van der Waals surface area contributed by atoms with Crippen molar-refractivity contribution in [1.29, 1.82) is 0 Å². The molecule has 0 aliphatic heterocycles. The third-order valence-corrected chi connectivity index (χ3v) is 3.43. The van der Waals surface area contributed by atoms with Gasteiger partial charge in [-0.15, -0.1) is 0 Å². The van der Waals surface area contributed by atoms with Crippen LogP contribution in [0, 0.1) is 0 Å². The highest BCUT2D eigenvalue weighted by atomic mass is 35.5. The molecule has 1 heterocycles. The maximum Gasteiger partial charge on any atom is 0.422 e. The summed E-state index contributed by atoms with van der Waals surface area (Å²) in [5.74, 6) is -1.02. The number of pyridine rings is 1. The number of rotatable bonds is 6. The van der Waals surface area contributed by atoms with Crippen molar-refractivity contribution in [2.24, 2.45) is 0 Å². The van der Waals surface area contributed by atoms with Crippen LogP contribution in [0.2, 0.25) is 5.02 Å². The molecule has 1 aromatic carbocycles. The van der Waals surface area contributed by atoms with Gasteiger partial charge in [-0.2, -0.15) is 13.2 Å². The first-order valence-electron chi connectivity index (χ1n) is 7.99. The Morgan fingerprint density at radius 1 is 1.18 bits per heavy atom. The van der Waals surface area contributed by atoms with Gasteiger partial charge in [-0.3, -0.25) is 4.79 Å². The standard InChI is InChI=1S/C17H16ClF3N4O3/c1-2-22-16(27)25-12-5-3-4-11(7-12)24-14(26)10-6-13(18)15(23-8-10)28-9-17(19,20)21/h3-8H,2,9H2,1H3,(H,24,26)(H2,22,25,27). The third-order valence-electron chi connectivity index (χ3n) is 3.16. The van der Waals surface area contributed by atoms with Crippen molar-refractivity contribution in [3.63, 3.8) is 0 Å². The molecule has 28 heavy (non-hydrogen) atoms. The van der Waals surface area contributed by atoms with Crippen LogP contribution in [-0.2, 0) is 0 Å². The maximum absolute atomic E-state index is 12.3. The van der Waals surface area contributed by atoms with Crippen LogP contribution < -0.4 is 20.7 Å². The number of alkyl halides is 3. The number of hydrogen-bond donors (Lipinski definition) is 3. The number of urea groups is 1. The first-order chi connectivity index (χ1) is 13.2. The lowest BCUT2D eigenvalue weighted by molar-refractivity contribution is -0.154. The fourth-order valence-corrected chi connectivity index (χ4v) is 2.24. The molecule has 0 fully saturated rings. The van der Waals surface area contributed by atoms with Crippen molar-refractivity contribution >= 4 is 34.9 Å². The molecule has 0 atom stereocenters. The van der Waals surface area contributed by atoms with E-state index in [1.165, 1.54) is 6.07 Å². The Bertz CT molecular complexity index is 862. The van der Waals surface area contributed by atoms with Gasteiger partial charge in [0.05, 0.1) is 5.56 Å². The Labute approximate surface area is 163 Å². The van der Waals surface area contributed by atoms with Crippen LogP contribution in [0.1, 0.15) is 17.3 Å². The molecular formula is C17H16ClF3N4O3. The summed E-state index contributed by atoms with van der Waals surface area (Å²) in [4.78, 5) is 27.5. The van der Waals surface area contributed by atoms with Crippen molar-refractivity contribution in [1.82, 2.24) is 10.3 Å². The molecule has 0 spiro atoms. The summed E-state index contributed by atoms with van der Waals surface area (Å²) in [6.45, 7) is 0.685. The SMILES string of the molecule is CCNC(=O)Nc1cccc(NC(=O)c2cnc(OCC(F)(F)F)c(Cl)c2)c1. The Morgan fingerprint density at radius 3 is 2.46 bits per heavy atom. The molecule has 1 aromatic heterocycles. The van der Waals surface area contributed by atoms with Gasteiger partial charge in [0.1, 0.15) is 5.02 Å². The molecular weight excluding hydrogens is 401 g/mol. The normalized spacial score (nSPS) is 10.9. The molecule has 2 aromatic rings. The van der Waals surface area contributed by atoms with E-state index in [9.17, 15) is 22.8 Å². The van der Waals surface area contributed by atoms with E-state index in [0.29, 0.717) is 17.9 Å². The lowest BCUT2D eigenvalue weighted by atomic mass is 10.2. The number of nitrogens with zero attached hydrogens (tertiary/aromatic N) is 1. The van der Waals surface area contributed by atoms with Gasteiger partial charge in [0.15, 0.2) is 6.61 Å². The van der Waals surface area contributed by atoms with Crippen LogP contribution in [-0.4, -0.2) is 36.3 Å². The second-order valence-corrected chi connectivity index (χ2v) is 5.84. The van der Waals surface area contributed by atoms with E-state index in [-0.39, 0.29) is 10.6 Å². The number of aromatic nitrogens is 1. The number of nitrogens with one attached hydrogen (secondary N) is 3. The topological polar surface area (TPSA) is 92.4 Å². The lowest BCUT2D eigenvalue weighted by Gasteiger charge is -2.11. The molecule has 0 bridgehead atoms. The molecule has 0 saturated carbocycles. The summed E-state index contributed by atoms with van der Waals surface area (Å²) in [5.41, 5.74) is 0.857. The van der Waals surface area contributed by atoms with Gasteiger partial charge in [-0.05, 0) is 31.2 Å². The van der Waals surface area contributed by atoms with Gasteiger partial charge >= 0.3 is 12.2 Å². The number of carbonyl (C=O) groups excluding carboxylic acids is 2. The Balaban J connectivity index is 2.04. The first kappa shape index (κ1) is 21.3. The largest absolute Gasteiger partial charge is 0.467 e. The van der Waals surface area contributed by atoms with Crippen LogP contribution in [0.4, 0.5) is 29.3 Å². The molecule has 0 aliphatic rings. The second-order valence-electron chi connectivity index (χ2n) is 5.43. The van der Waals surface area contributed by atoms with E-state index in [1.54, 1.807) is 25.1 Å². The zero-order chi connectivity index (χ0) is 20.7. The summed E-state index contributed by atoms with van der Waals surface area (Å²) in [7, 11) is 0. The molecule has 2 rings (SSSR count). The van der Waals surface area contributed by atoms with Crippen LogP contribution in [0.3, 0.4) is 0 Å². The highest BCUT2D eigenvalue weighted by molar-refractivity contribution is 6.32. The number of ether oxygens (including phenoxy) is 1. The first-order valence-corrected chi connectivity index (χ1v) is 8.37. The van der Waals surface area contributed by atoms with Gasteiger partial charge < -0.3 is 20.7 Å². The fraction of sp³-hybridized carbons (Fsp3) is 0.235. The monoisotopic (exact) mass is 416 g/mol. The van der Waals surface area contributed by atoms with E-state index < -0.39 is 30.6 Å². The van der Waals surface area contributed by atoms with Crippen LogP contribution in [0.5, 0.6) is 5.88 Å². The van der Waals surface area contributed by atoms with Crippen molar-refractivity contribution in [2.45, 2.75) is 13.1 Å². The van der Waals surface area contributed by atoms with Crippen LogP contribution in [0.25, 0.3) is 0 Å². The van der Waals surface area contributed by atoms with E-state index >= 15 is 0 Å². The predicted octanol–water partition coefficient (Wildman–Crippen LogP) is 4.07.